The van der Waals surface area contributed by atoms with Crippen LogP contribution >= 0.6 is 0 Å². The van der Waals surface area contributed by atoms with Crippen LogP contribution in [0.4, 0.5) is 0 Å². The molecule has 2 aliphatic heterocycles. The van der Waals surface area contributed by atoms with Gasteiger partial charge in [-0.3, -0.25) is 4.90 Å². The van der Waals surface area contributed by atoms with Gasteiger partial charge in [-0.2, -0.15) is 0 Å². The molecule has 1 N–H and O–H groups in total. The van der Waals surface area contributed by atoms with E-state index in [0.29, 0.717) is 0 Å². The number of fused-ring (bicyclic) bond motifs is 1. The Morgan fingerprint density at radius 2 is 1.74 bits per heavy atom. The Kier molecular flexibility index (Phi) is 4.81. The first-order valence-corrected chi connectivity index (χ1v) is 8.88. The molecule has 3 atom stereocenters. The predicted molar refractivity (Wildman–Crippen MR) is 81.4 cm³/mol. The van der Waals surface area contributed by atoms with Gasteiger partial charge in [0, 0.05) is 24.7 Å². The Hall–Kier alpha value is -0.0800. The van der Waals surface area contributed by atoms with E-state index in [-0.39, 0.29) is 0 Å². The Bertz CT molecular complexity index is 272. The zero-order chi connectivity index (χ0) is 13.1. The molecule has 0 aromatic carbocycles. The molecule has 2 saturated heterocycles. The zero-order valence-electron chi connectivity index (χ0n) is 12.7. The van der Waals surface area contributed by atoms with Gasteiger partial charge < -0.3 is 5.32 Å². The van der Waals surface area contributed by atoms with Crippen LogP contribution in [0.3, 0.4) is 0 Å². The first kappa shape index (κ1) is 13.9. The topological polar surface area (TPSA) is 15.3 Å². The second-order valence-electron chi connectivity index (χ2n) is 7.07. The van der Waals surface area contributed by atoms with Gasteiger partial charge in [0.15, 0.2) is 0 Å². The summed E-state index contributed by atoms with van der Waals surface area (Å²) < 4.78 is 0. The van der Waals surface area contributed by atoms with E-state index >= 15 is 0 Å². The summed E-state index contributed by atoms with van der Waals surface area (Å²) in [6, 6.07) is 2.46. The molecule has 3 rings (SSSR count). The fraction of sp³-hybridized carbons (Fsp3) is 1.00. The van der Waals surface area contributed by atoms with Crippen LogP contribution in [0.25, 0.3) is 0 Å². The van der Waals surface area contributed by atoms with Crippen LogP contribution < -0.4 is 5.32 Å². The summed E-state index contributed by atoms with van der Waals surface area (Å²) in [6.45, 7) is 5.10. The largest absolute Gasteiger partial charge is 0.309 e. The van der Waals surface area contributed by atoms with Crippen LogP contribution in [-0.2, 0) is 0 Å². The lowest BCUT2D eigenvalue weighted by molar-refractivity contribution is 0.164. The van der Waals surface area contributed by atoms with E-state index in [1.165, 1.54) is 77.3 Å². The van der Waals surface area contributed by atoms with Crippen molar-refractivity contribution in [3.05, 3.63) is 0 Å². The van der Waals surface area contributed by atoms with Crippen LogP contribution in [0.15, 0.2) is 0 Å². The number of hydrogen-bond acceptors (Lipinski definition) is 2. The molecule has 1 aliphatic carbocycles. The van der Waals surface area contributed by atoms with Gasteiger partial charge in [-0.15, -0.1) is 0 Å². The molecule has 0 aromatic rings. The molecule has 0 amide bonds. The summed E-state index contributed by atoms with van der Waals surface area (Å²) in [5.74, 6) is 0.969. The van der Waals surface area contributed by atoms with Crippen molar-refractivity contribution in [1.82, 2.24) is 10.2 Å². The molecule has 2 heterocycles. The predicted octanol–water partition coefficient (Wildman–Crippen LogP) is 3.56. The highest BCUT2D eigenvalue weighted by atomic mass is 15.2. The molecule has 2 nitrogen and oxygen atoms in total. The summed E-state index contributed by atoms with van der Waals surface area (Å²) in [5.41, 5.74) is 0. The summed E-state index contributed by atoms with van der Waals surface area (Å²) >= 11 is 0. The average Bonchev–Trinajstić information content (AvgIpc) is 2.89. The lowest BCUT2D eigenvalue weighted by atomic mass is 9.82. The van der Waals surface area contributed by atoms with Crippen molar-refractivity contribution in [2.45, 2.75) is 89.3 Å². The fourth-order valence-electron chi connectivity index (χ4n) is 4.84. The van der Waals surface area contributed by atoms with Crippen molar-refractivity contribution in [1.29, 1.82) is 0 Å². The summed E-state index contributed by atoms with van der Waals surface area (Å²) in [7, 11) is 0. The smallest absolute Gasteiger partial charge is 0.0249 e. The minimum Gasteiger partial charge on any atom is -0.309 e. The first-order chi connectivity index (χ1) is 9.38. The highest BCUT2D eigenvalue weighted by molar-refractivity contribution is 4.96. The van der Waals surface area contributed by atoms with E-state index in [0.717, 1.165) is 24.0 Å². The summed E-state index contributed by atoms with van der Waals surface area (Å²) in [5, 5.41) is 4.09. The van der Waals surface area contributed by atoms with Crippen LogP contribution in [0.5, 0.6) is 0 Å². The molecule has 0 bridgehead atoms. The molecule has 0 aromatic heterocycles. The molecular weight excluding hydrogens is 232 g/mol. The number of piperidine rings is 1. The Balaban J connectivity index is 1.56. The van der Waals surface area contributed by atoms with Crippen LogP contribution in [0.1, 0.15) is 71.1 Å². The summed E-state index contributed by atoms with van der Waals surface area (Å²) in [4.78, 5) is 2.76. The molecule has 19 heavy (non-hydrogen) atoms. The molecule has 2 heteroatoms. The highest BCUT2D eigenvalue weighted by Gasteiger charge is 2.37. The molecular formula is C17H32N2. The van der Waals surface area contributed by atoms with Gasteiger partial charge in [0.05, 0.1) is 0 Å². The van der Waals surface area contributed by atoms with Gasteiger partial charge in [-0.05, 0) is 51.0 Å². The quantitative estimate of drug-likeness (QED) is 0.835. The van der Waals surface area contributed by atoms with Crippen molar-refractivity contribution in [2.75, 3.05) is 13.1 Å². The molecule has 3 unspecified atom stereocenters. The normalized spacial score (nSPS) is 35.2. The number of rotatable bonds is 4. The maximum absolute atomic E-state index is 4.09. The van der Waals surface area contributed by atoms with Gasteiger partial charge in [0.1, 0.15) is 0 Å². The molecule has 3 fully saturated rings. The third kappa shape index (κ3) is 3.16. The van der Waals surface area contributed by atoms with Crippen molar-refractivity contribution in [3.63, 3.8) is 0 Å². The first-order valence-electron chi connectivity index (χ1n) is 8.88. The molecule has 3 aliphatic rings. The Morgan fingerprint density at radius 1 is 0.947 bits per heavy atom. The van der Waals surface area contributed by atoms with Gasteiger partial charge in [0.2, 0.25) is 0 Å². The van der Waals surface area contributed by atoms with Gasteiger partial charge in [-0.1, -0.05) is 32.6 Å². The monoisotopic (exact) mass is 264 g/mol. The Morgan fingerprint density at radius 3 is 2.53 bits per heavy atom. The van der Waals surface area contributed by atoms with E-state index in [2.05, 4.69) is 17.1 Å². The zero-order valence-corrected chi connectivity index (χ0v) is 12.7. The third-order valence-corrected chi connectivity index (χ3v) is 5.94. The number of nitrogens with one attached hydrogen (secondary N) is 1. The van der Waals surface area contributed by atoms with Gasteiger partial charge >= 0.3 is 0 Å². The maximum Gasteiger partial charge on any atom is 0.0249 e. The summed E-state index contributed by atoms with van der Waals surface area (Å²) in [6.07, 6.45) is 14.4. The van der Waals surface area contributed by atoms with E-state index in [9.17, 15) is 0 Å². The minimum absolute atomic E-state index is 0.798. The average molecular weight is 264 g/mol. The Labute approximate surface area is 119 Å². The standard InChI is InChI=1S/C17H32N2/c1-2-15(14-8-4-3-5-9-14)18-16-11-13-19-12-7-6-10-17(16)19/h14-18H,2-13H2,1H3. The van der Waals surface area contributed by atoms with Crippen molar-refractivity contribution in [3.8, 4) is 0 Å². The van der Waals surface area contributed by atoms with E-state index < -0.39 is 0 Å². The van der Waals surface area contributed by atoms with Gasteiger partial charge in [0.25, 0.3) is 0 Å². The number of hydrogen-bond donors (Lipinski definition) is 1. The van der Waals surface area contributed by atoms with E-state index in [1.807, 2.05) is 0 Å². The highest BCUT2D eigenvalue weighted by Crippen LogP contribution is 2.31. The molecule has 1 saturated carbocycles. The second-order valence-corrected chi connectivity index (χ2v) is 7.07. The molecule has 0 spiro atoms. The molecule has 110 valence electrons. The van der Waals surface area contributed by atoms with Crippen LogP contribution in [0, 0.1) is 5.92 Å². The second kappa shape index (κ2) is 6.58. The lowest BCUT2D eigenvalue weighted by Gasteiger charge is -2.37. The van der Waals surface area contributed by atoms with Crippen molar-refractivity contribution < 1.29 is 0 Å². The third-order valence-electron chi connectivity index (χ3n) is 5.94. The maximum atomic E-state index is 4.09. The molecule has 0 radical (unpaired) electrons. The van der Waals surface area contributed by atoms with Crippen molar-refractivity contribution in [2.24, 2.45) is 5.92 Å². The SMILES string of the molecule is CCC(NC1CCN2CCCCC12)C1CCCCC1. The van der Waals surface area contributed by atoms with Crippen LogP contribution in [-0.4, -0.2) is 36.1 Å². The van der Waals surface area contributed by atoms with Gasteiger partial charge in [-0.25, -0.2) is 0 Å². The van der Waals surface area contributed by atoms with E-state index in [1.54, 1.807) is 0 Å². The van der Waals surface area contributed by atoms with Crippen molar-refractivity contribution >= 4 is 0 Å². The fourth-order valence-corrected chi connectivity index (χ4v) is 4.84. The lowest BCUT2D eigenvalue weighted by Crippen LogP contribution is -2.50. The van der Waals surface area contributed by atoms with E-state index in [4.69, 9.17) is 0 Å². The number of nitrogens with zero attached hydrogens (tertiary/aromatic N) is 1. The minimum atomic E-state index is 0.798. The van der Waals surface area contributed by atoms with Crippen LogP contribution in [0.2, 0.25) is 0 Å².